The average Bonchev–Trinajstić information content (AvgIpc) is 2.69. The molecule has 0 amide bonds. The van der Waals surface area contributed by atoms with Crippen molar-refractivity contribution in [2.24, 2.45) is 5.92 Å². The quantitative estimate of drug-likeness (QED) is 0.597. The smallest absolute Gasteiger partial charge is 0.229 e. The third-order valence-electron chi connectivity index (χ3n) is 5.27. The molecule has 2 N–H and O–H groups in total. The number of Topliss-reactive ketones (excluding diaryl/α,β-unsaturated/α-hetero) is 1. The van der Waals surface area contributed by atoms with Gasteiger partial charge in [0.15, 0.2) is 5.78 Å². The lowest BCUT2D eigenvalue weighted by molar-refractivity contribution is 0.0953. The second-order valence-corrected chi connectivity index (χ2v) is 7.82. The van der Waals surface area contributed by atoms with E-state index in [-0.39, 0.29) is 11.7 Å². The van der Waals surface area contributed by atoms with Crippen molar-refractivity contribution in [3.05, 3.63) is 70.9 Å². The predicted molar refractivity (Wildman–Crippen MR) is 117 cm³/mol. The molecular formula is C24H26N4O. The van der Waals surface area contributed by atoms with E-state index in [9.17, 15) is 4.79 Å². The molecule has 0 spiro atoms. The van der Waals surface area contributed by atoms with Crippen LogP contribution in [0.2, 0.25) is 0 Å². The zero-order valence-electron chi connectivity index (χ0n) is 17.1. The van der Waals surface area contributed by atoms with Gasteiger partial charge in [-0.05, 0) is 55.5 Å². The minimum atomic E-state index is 0.104. The topological polar surface area (TPSA) is 66.9 Å². The molecule has 3 aromatic rings. The zero-order valence-corrected chi connectivity index (χ0v) is 17.1. The number of aromatic nitrogens is 2. The molecule has 29 heavy (non-hydrogen) atoms. The summed E-state index contributed by atoms with van der Waals surface area (Å²) in [5, 5.41) is 6.63. The van der Waals surface area contributed by atoms with Gasteiger partial charge in [0, 0.05) is 17.8 Å². The van der Waals surface area contributed by atoms with Gasteiger partial charge in [-0.2, -0.15) is 4.98 Å². The Kier molecular flexibility index (Phi) is 5.30. The second kappa shape index (κ2) is 8.03. The molecule has 1 aliphatic carbocycles. The Morgan fingerprint density at radius 2 is 1.59 bits per heavy atom. The summed E-state index contributed by atoms with van der Waals surface area (Å²) in [5.74, 6) is 1.47. The highest BCUT2D eigenvalue weighted by molar-refractivity contribution is 6.03. The Bertz CT molecular complexity index is 1030. The summed E-state index contributed by atoms with van der Waals surface area (Å²) >= 11 is 0. The molecule has 5 heteroatoms. The molecule has 2 aromatic carbocycles. The van der Waals surface area contributed by atoms with Gasteiger partial charge in [-0.15, -0.1) is 0 Å². The molecule has 4 rings (SSSR count). The summed E-state index contributed by atoms with van der Waals surface area (Å²) in [6, 6.07) is 16.3. The molecule has 1 heterocycles. The van der Waals surface area contributed by atoms with E-state index in [2.05, 4.69) is 46.6 Å². The van der Waals surface area contributed by atoms with Crippen molar-refractivity contribution in [2.45, 2.75) is 40.0 Å². The van der Waals surface area contributed by atoms with Crippen LogP contribution in [0.1, 0.15) is 47.4 Å². The number of rotatable bonds is 5. The van der Waals surface area contributed by atoms with Gasteiger partial charge >= 0.3 is 0 Å². The Morgan fingerprint density at radius 3 is 2.28 bits per heavy atom. The third-order valence-corrected chi connectivity index (χ3v) is 5.27. The fourth-order valence-corrected chi connectivity index (χ4v) is 3.64. The summed E-state index contributed by atoms with van der Waals surface area (Å²) in [5.41, 5.74) is 5.73. The van der Waals surface area contributed by atoms with Gasteiger partial charge in [-0.3, -0.25) is 4.79 Å². The molecule has 0 aliphatic heterocycles. The lowest BCUT2D eigenvalue weighted by Gasteiger charge is -2.23. The first-order valence-electron chi connectivity index (χ1n) is 10.2. The first-order chi connectivity index (χ1) is 14.0. The van der Waals surface area contributed by atoms with E-state index in [4.69, 9.17) is 0 Å². The van der Waals surface area contributed by atoms with Crippen LogP contribution in [0, 0.1) is 12.8 Å². The van der Waals surface area contributed by atoms with E-state index in [0.29, 0.717) is 23.8 Å². The van der Waals surface area contributed by atoms with Crippen LogP contribution in [-0.4, -0.2) is 15.8 Å². The number of ketones is 1. The summed E-state index contributed by atoms with van der Waals surface area (Å²) in [7, 11) is 0. The molecule has 1 aliphatic rings. The number of hydrogen-bond acceptors (Lipinski definition) is 5. The largest absolute Gasteiger partial charge is 0.339 e. The standard InChI is InChI=1S/C24H26N4O/c1-4-17-7-11-19(12-8-17)26-24-27-20-13-16(3)14-21(29)22(20)23(28-24)25-18-9-5-15(2)6-10-18/h5-12,16H,4,13-14H2,1-3H3,(H2,25,26,27,28). The van der Waals surface area contributed by atoms with E-state index in [0.717, 1.165) is 29.9 Å². The van der Waals surface area contributed by atoms with Gasteiger partial charge in [-0.1, -0.05) is 43.7 Å². The van der Waals surface area contributed by atoms with Gasteiger partial charge in [0.1, 0.15) is 5.82 Å². The molecule has 0 radical (unpaired) electrons. The number of aryl methyl sites for hydroxylation is 2. The van der Waals surface area contributed by atoms with Crippen LogP contribution in [0.25, 0.3) is 0 Å². The van der Waals surface area contributed by atoms with E-state index in [1.165, 1.54) is 11.1 Å². The van der Waals surface area contributed by atoms with E-state index < -0.39 is 0 Å². The Hall–Kier alpha value is -3.21. The van der Waals surface area contributed by atoms with Gasteiger partial charge in [0.2, 0.25) is 5.95 Å². The molecule has 0 saturated carbocycles. The maximum Gasteiger partial charge on any atom is 0.229 e. The maximum absolute atomic E-state index is 12.8. The highest BCUT2D eigenvalue weighted by atomic mass is 16.1. The number of nitrogens with one attached hydrogen (secondary N) is 2. The predicted octanol–water partition coefficient (Wildman–Crippen LogP) is 5.60. The van der Waals surface area contributed by atoms with Crippen molar-refractivity contribution >= 4 is 28.9 Å². The van der Waals surface area contributed by atoms with Crippen molar-refractivity contribution < 1.29 is 4.79 Å². The van der Waals surface area contributed by atoms with Crippen LogP contribution in [0.3, 0.4) is 0 Å². The molecule has 1 atom stereocenters. The number of benzene rings is 2. The van der Waals surface area contributed by atoms with Crippen LogP contribution in [0.5, 0.6) is 0 Å². The summed E-state index contributed by atoms with van der Waals surface area (Å²) in [6.07, 6.45) is 2.31. The molecule has 1 unspecified atom stereocenters. The molecule has 148 valence electrons. The van der Waals surface area contributed by atoms with Crippen LogP contribution in [0.15, 0.2) is 48.5 Å². The summed E-state index contributed by atoms with van der Waals surface area (Å²) in [6.45, 7) is 6.27. The number of anilines is 4. The second-order valence-electron chi connectivity index (χ2n) is 7.82. The van der Waals surface area contributed by atoms with Gasteiger partial charge in [0.25, 0.3) is 0 Å². The molecule has 0 saturated heterocycles. The summed E-state index contributed by atoms with van der Waals surface area (Å²) < 4.78 is 0. The van der Waals surface area contributed by atoms with Crippen molar-refractivity contribution in [2.75, 3.05) is 10.6 Å². The lowest BCUT2D eigenvalue weighted by Crippen LogP contribution is -2.22. The molecule has 1 aromatic heterocycles. The first kappa shape index (κ1) is 19.1. The zero-order chi connectivity index (χ0) is 20.4. The van der Waals surface area contributed by atoms with E-state index >= 15 is 0 Å². The van der Waals surface area contributed by atoms with Gasteiger partial charge < -0.3 is 10.6 Å². The fourth-order valence-electron chi connectivity index (χ4n) is 3.64. The normalized spacial score (nSPS) is 15.7. The van der Waals surface area contributed by atoms with Crippen LogP contribution in [0.4, 0.5) is 23.1 Å². The van der Waals surface area contributed by atoms with E-state index in [1.54, 1.807) is 0 Å². The Balaban J connectivity index is 1.71. The van der Waals surface area contributed by atoms with Crippen LogP contribution < -0.4 is 10.6 Å². The highest BCUT2D eigenvalue weighted by Gasteiger charge is 2.28. The first-order valence-corrected chi connectivity index (χ1v) is 10.2. The third kappa shape index (κ3) is 4.29. The van der Waals surface area contributed by atoms with Crippen molar-refractivity contribution in [3.63, 3.8) is 0 Å². The number of carbonyl (C=O) groups is 1. The number of carbonyl (C=O) groups excluding carboxylic acids is 1. The molecule has 0 fully saturated rings. The van der Waals surface area contributed by atoms with E-state index in [1.807, 2.05) is 43.3 Å². The molecule has 0 bridgehead atoms. The van der Waals surface area contributed by atoms with Gasteiger partial charge in [0.05, 0.1) is 11.3 Å². The van der Waals surface area contributed by atoms with Crippen molar-refractivity contribution in [3.8, 4) is 0 Å². The van der Waals surface area contributed by atoms with Crippen LogP contribution in [-0.2, 0) is 12.8 Å². The highest BCUT2D eigenvalue weighted by Crippen LogP contribution is 2.32. The number of hydrogen-bond donors (Lipinski definition) is 2. The molecule has 5 nitrogen and oxygen atoms in total. The minimum Gasteiger partial charge on any atom is -0.339 e. The maximum atomic E-state index is 12.8. The Labute approximate surface area is 171 Å². The summed E-state index contributed by atoms with van der Waals surface area (Å²) in [4.78, 5) is 22.1. The molecular weight excluding hydrogens is 360 g/mol. The lowest BCUT2D eigenvalue weighted by atomic mass is 9.87. The number of nitrogens with zero attached hydrogens (tertiary/aromatic N) is 2. The minimum absolute atomic E-state index is 0.104. The monoisotopic (exact) mass is 386 g/mol. The van der Waals surface area contributed by atoms with Gasteiger partial charge in [-0.25, -0.2) is 4.98 Å². The average molecular weight is 386 g/mol. The SMILES string of the molecule is CCc1ccc(Nc2nc3c(c(Nc4ccc(C)cc4)n2)C(=O)CC(C)C3)cc1. The van der Waals surface area contributed by atoms with Crippen molar-refractivity contribution in [1.82, 2.24) is 9.97 Å². The van der Waals surface area contributed by atoms with Crippen molar-refractivity contribution in [1.29, 1.82) is 0 Å². The number of fused-ring (bicyclic) bond motifs is 1. The van der Waals surface area contributed by atoms with Crippen LogP contribution >= 0.6 is 0 Å². The Morgan fingerprint density at radius 1 is 0.931 bits per heavy atom. The fraction of sp³-hybridized carbons (Fsp3) is 0.292.